The zero-order valence-corrected chi connectivity index (χ0v) is 10.3. The molecule has 100 valence electrons. The van der Waals surface area contributed by atoms with Gasteiger partial charge in [-0.05, 0) is 24.3 Å². The monoisotopic (exact) mass is 272 g/mol. The highest BCUT2D eigenvalue weighted by molar-refractivity contribution is 5.72. The van der Waals surface area contributed by atoms with Gasteiger partial charge < -0.3 is 10.7 Å². The Bertz CT molecular complexity index is 767. The van der Waals surface area contributed by atoms with Crippen LogP contribution in [0.2, 0.25) is 0 Å². The van der Waals surface area contributed by atoms with E-state index in [-0.39, 0.29) is 0 Å². The molecule has 0 aliphatic rings. The van der Waals surface area contributed by atoms with Crippen LogP contribution in [0.25, 0.3) is 22.6 Å². The van der Waals surface area contributed by atoms with Gasteiger partial charge >= 0.3 is 0 Å². The fourth-order valence-corrected chi connectivity index (χ4v) is 1.87. The average Bonchev–Trinajstić information content (AvgIpc) is 2.92. The molecule has 0 amide bonds. The van der Waals surface area contributed by atoms with Gasteiger partial charge in [-0.25, -0.2) is 13.8 Å². The van der Waals surface area contributed by atoms with Gasteiger partial charge in [-0.1, -0.05) is 0 Å². The number of nitrogens with zero attached hydrogens (tertiary/aromatic N) is 2. The van der Waals surface area contributed by atoms with Gasteiger partial charge in [0.25, 0.3) is 0 Å². The van der Waals surface area contributed by atoms with E-state index in [0.717, 1.165) is 12.1 Å². The molecule has 3 N–H and O–H groups in total. The lowest BCUT2D eigenvalue weighted by Crippen LogP contribution is -1.92. The van der Waals surface area contributed by atoms with E-state index < -0.39 is 11.6 Å². The Morgan fingerprint density at radius 3 is 2.65 bits per heavy atom. The van der Waals surface area contributed by atoms with Gasteiger partial charge in [-0.15, -0.1) is 0 Å². The lowest BCUT2D eigenvalue weighted by Gasteiger charge is -2.01. The molecule has 3 aromatic rings. The second-order valence-electron chi connectivity index (χ2n) is 4.24. The van der Waals surface area contributed by atoms with Crippen LogP contribution in [0.1, 0.15) is 0 Å². The van der Waals surface area contributed by atoms with Gasteiger partial charge in [0.1, 0.15) is 5.82 Å². The summed E-state index contributed by atoms with van der Waals surface area (Å²) in [5.74, 6) is -1.26. The van der Waals surface area contributed by atoms with E-state index in [0.29, 0.717) is 28.3 Å². The number of rotatable bonds is 2. The van der Waals surface area contributed by atoms with E-state index in [1.54, 1.807) is 18.5 Å². The summed E-state index contributed by atoms with van der Waals surface area (Å²) in [5.41, 5.74) is 8.10. The van der Waals surface area contributed by atoms with Gasteiger partial charge in [0, 0.05) is 23.6 Å². The Hall–Kier alpha value is -2.76. The summed E-state index contributed by atoms with van der Waals surface area (Å²) >= 11 is 0. The maximum atomic E-state index is 13.2. The molecule has 2 heterocycles. The number of aromatic nitrogens is 3. The molecule has 0 aliphatic heterocycles. The minimum Gasteiger partial charge on any atom is -0.398 e. The fourth-order valence-electron chi connectivity index (χ4n) is 1.87. The predicted molar refractivity (Wildman–Crippen MR) is 71.6 cm³/mol. The van der Waals surface area contributed by atoms with Crippen LogP contribution < -0.4 is 5.73 Å². The minimum atomic E-state index is -0.903. The number of anilines is 1. The SMILES string of the molecule is Nc1ccncc1-c1ncc(-c2ccc(F)c(F)c2)[nH]1. The van der Waals surface area contributed by atoms with Crippen LogP contribution >= 0.6 is 0 Å². The number of nitrogen functional groups attached to an aromatic ring is 1. The number of imidazole rings is 1. The Morgan fingerprint density at radius 2 is 1.90 bits per heavy atom. The zero-order chi connectivity index (χ0) is 14.1. The molecule has 0 aliphatic carbocycles. The van der Waals surface area contributed by atoms with Crippen LogP contribution in [0.3, 0.4) is 0 Å². The van der Waals surface area contributed by atoms with Crippen molar-refractivity contribution in [3.05, 3.63) is 54.5 Å². The predicted octanol–water partition coefficient (Wildman–Crippen LogP) is 3.00. The minimum absolute atomic E-state index is 0.505. The first-order chi connectivity index (χ1) is 9.65. The van der Waals surface area contributed by atoms with Crippen molar-refractivity contribution in [1.82, 2.24) is 15.0 Å². The van der Waals surface area contributed by atoms with Crippen molar-refractivity contribution in [2.24, 2.45) is 0 Å². The summed E-state index contributed by atoms with van der Waals surface area (Å²) in [5, 5.41) is 0. The molecule has 2 aromatic heterocycles. The van der Waals surface area contributed by atoms with Gasteiger partial charge in [0.2, 0.25) is 0 Å². The number of hydrogen-bond donors (Lipinski definition) is 2. The normalized spacial score (nSPS) is 10.7. The maximum Gasteiger partial charge on any atom is 0.159 e. The van der Waals surface area contributed by atoms with Crippen molar-refractivity contribution in [3.8, 4) is 22.6 Å². The molecule has 0 saturated heterocycles. The molecule has 0 saturated carbocycles. The second kappa shape index (κ2) is 4.73. The molecule has 0 fully saturated rings. The van der Waals surface area contributed by atoms with Crippen molar-refractivity contribution in [1.29, 1.82) is 0 Å². The Labute approximate surface area is 113 Å². The van der Waals surface area contributed by atoms with Gasteiger partial charge in [0.15, 0.2) is 11.6 Å². The summed E-state index contributed by atoms with van der Waals surface area (Å²) in [6.07, 6.45) is 4.70. The molecule has 1 aromatic carbocycles. The number of H-pyrrole nitrogens is 1. The van der Waals surface area contributed by atoms with E-state index in [1.807, 2.05) is 0 Å². The molecular formula is C14H10F2N4. The summed E-state index contributed by atoms with van der Waals surface area (Å²) in [6, 6.07) is 5.32. The van der Waals surface area contributed by atoms with Crippen LogP contribution in [0.15, 0.2) is 42.9 Å². The zero-order valence-electron chi connectivity index (χ0n) is 10.3. The first kappa shape index (κ1) is 12.3. The molecule has 0 spiro atoms. The number of aromatic amines is 1. The summed E-state index contributed by atoms with van der Waals surface area (Å²) in [4.78, 5) is 11.2. The number of halogens is 2. The second-order valence-corrected chi connectivity index (χ2v) is 4.24. The van der Waals surface area contributed by atoms with Crippen molar-refractivity contribution in [3.63, 3.8) is 0 Å². The molecule has 0 bridgehead atoms. The van der Waals surface area contributed by atoms with Crippen molar-refractivity contribution in [2.75, 3.05) is 5.73 Å². The molecule has 20 heavy (non-hydrogen) atoms. The first-order valence-corrected chi connectivity index (χ1v) is 5.85. The van der Waals surface area contributed by atoms with E-state index in [1.165, 1.54) is 12.3 Å². The molecule has 6 heteroatoms. The van der Waals surface area contributed by atoms with E-state index in [2.05, 4.69) is 15.0 Å². The smallest absolute Gasteiger partial charge is 0.159 e. The molecule has 0 radical (unpaired) electrons. The summed E-state index contributed by atoms with van der Waals surface area (Å²) in [7, 11) is 0. The van der Waals surface area contributed by atoms with Crippen LogP contribution in [0.4, 0.5) is 14.5 Å². The standard InChI is InChI=1S/C14H10F2N4/c15-10-2-1-8(5-11(10)16)13-7-19-14(20-13)9-6-18-4-3-12(9)17/h1-7H,(H2,17,18)(H,19,20). The third-order valence-corrected chi connectivity index (χ3v) is 2.92. The Kier molecular flexibility index (Phi) is 2.90. The van der Waals surface area contributed by atoms with Crippen LogP contribution in [0.5, 0.6) is 0 Å². The van der Waals surface area contributed by atoms with Crippen molar-refractivity contribution < 1.29 is 8.78 Å². The third-order valence-electron chi connectivity index (χ3n) is 2.92. The maximum absolute atomic E-state index is 13.2. The van der Waals surface area contributed by atoms with Gasteiger partial charge in [-0.2, -0.15) is 0 Å². The number of benzene rings is 1. The molecule has 0 unspecified atom stereocenters. The van der Waals surface area contributed by atoms with Gasteiger partial charge in [-0.3, -0.25) is 4.98 Å². The van der Waals surface area contributed by atoms with E-state index in [9.17, 15) is 8.78 Å². The Balaban J connectivity index is 2.02. The summed E-state index contributed by atoms with van der Waals surface area (Å²) < 4.78 is 26.1. The lowest BCUT2D eigenvalue weighted by molar-refractivity contribution is 0.509. The molecule has 4 nitrogen and oxygen atoms in total. The number of nitrogens with one attached hydrogen (secondary N) is 1. The van der Waals surface area contributed by atoms with Crippen molar-refractivity contribution >= 4 is 5.69 Å². The largest absolute Gasteiger partial charge is 0.398 e. The first-order valence-electron chi connectivity index (χ1n) is 5.85. The number of nitrogens with two attached hydrogens (primary N) is 1. The van der Waals surface area contributed by atoms with E-state index >= 15 is 0 Å². The highest BCUT2D eigenvalue weighted by Gasteiger charge is 2.10. The molecule has 0 atom stereocenters. The fraction of sp³-hybridized carbons (Fsp3) is 0. The quantitative estimate of drug-likeness (QED) is 0.753. The molecular weight excluding hydrogens is 262 g/mol. The highest BCUT2D eigenvalue weighted by atomic mass is 19.2. The Morgan fingerprint density at radius 1 is 1.05 bits per heavy atom. The topological polar surface area (TPSA) is 67.6 Å². The van der Waals surface area contributed by atoms with Crippen LogP contribution in [0, 0.1) is 11.6 Å². The molecule has 3 rings (SSSR count). The lowest BCUT2D eigenvalue weighted by atomic mass is 10.1. The van der Waals surface area contributed by atoms with Gasteiger partial charge in [0.05, 0.1) is 17.5 Å². The average molecular weight is 272 g/mol. The third kappa shape index (κ3) is 2.11. The van der Waals surface area contributed by atoms with Crippen molar-refractivity contribution in [2.45, 2.75) is 0 Å². The van der Waals surface area contributed by atoms with E-state index in [4.69, 9.17) is 5.73 Å². The summed E-state index contributed by atoms with van der Waals surface area (Å²) in [6.45, 7) is 0. The highest BCUT2D eigenvalue weighted by Crippen LogP contribution is 2.25. The number of hydrogen-bond acceptors (Lipinski definition) is 3. The van der Waals surface area contributed by atoms with Crippen LogP contribution in [-0.2, 0) is 0 Å². The number of pyridine rings is 1. The van der Waals surface area contributed by atoms with Crippen LogP contribution in [-0.4, -0.2) is 15.0 Å².